The number of halogens is 1. The van der Waals surface area contributed by atoms with Crippen LogP contribution in [-0.4, -0.2) is 6.61 Å². The Labute approximate surface area is 120 Å². The fourth-order valence-electron chi connectivity index (χ4n) is 1.76. The molecule has 3 nitrogen and oxygen atoms in total. The van der Waals surface area contributed by atoms with Gasteiger partial charge < -0.3 is 10.5 Å². The maximum atomic E-state index is 8.94. The molecule has 2 N–H and O–H groups in total. The zero-order valence-corrected chi connectivity index (χ0v) is 12.5. The van der Waals surface area contributed by atoms with Crippen LogP contribution in [0, 0.1) is 16.7 Å². The van der Waals surface area contributed by atoms with Crippen molar-refractivity contribution in [2.45, 2.75) is 39.7 Å². The summed E-state index contributed by atoms with van der Waals surface area (Å²) in [5.74, 6) is 0.772. The van der Waals surface area contributed by atoms with E-state index in [1.165, 1.54) is 0 Å². The second kappa shape index (κ2) is 6.79. The number of hydrogen-bond donors (Lipinski definition) is 1. The first kappa shape index (κ1) is 15.8. The molecule has 0 unspecified atom stereocenters. The minimum absolute atomic E-state index is 0.121. The first-order chi connectivity index (χ1) is 8.85. The highest BCUT2D eigenvalue weighted by Crippen LogP contribution is 2.28. The zero-order valence-electron chi connectivity index (χ0n) is 11.7. The van der Waals surface area contributed by atoms with Crippen molar-refractivity contribution in [1.82, 2.24) is 0 Å². The van der Waals surface area contributed by atoms with E-state index in [4.69, 9.17) is 27.3 Å². The third-order valence-electron chi connectivity index (χ3n) is 2.97. The largest absolute Gasteiger partial charge is 0.493 e. The van der Waals surface area contributed by atoms with Gasteiger partial charge in [-0.15, -0.1) is 0 Å². The van der Waals surface area contributed by atoms with E-state index in [0.29, 0.717) is 11.6 Å². The van der Waals surface area contributed by atoms with Gasteiger partial charge in [-0.1, -0.05) is 11.6 Å². The Morgan fingerprint density at radius 1 is 1.47 bits per heavy atom. The van der Waals surface area contributed by atoms with Crippen LogP contribution in [-0.2, 0) is 0 Å². The molecule has 0 aliphatic rings. The smallest absolute Gasteiger partial charge is 0.124 e. The summed E-state index contributed by atoms with van der Waals surface area (Å²) in [6.45, 7) is 6.34. The van der Waals surface area contributed by atoms with Crippen molar-refractivity contribution in [2.24, 2.45) is 11.1 Å². The van der Waals surface area contributed by atoms with Crippen LogP contribution in [0.1, 0.15) is 45.2 Å². The summed E-state index contributed by atoms with van der Waals surface area (Å²) in [5, 5.41) is 9.59. The summed E-state index contributed by atoms with van der Waals surface area (Å²) in [5.41, 5.74) is 6.51. The molecule has 1 aromatic carbocycles. The van der Waals surface area contributed by atoms with Gasteiger partial charge >= 0.3 is 0 Å². The fourth-order valence-corrected chi connectivity index (χ4v) is 1.94. The summed E-state index contributed by atoms with van der Waals surface area (Å²) < 4.78 is 5.75. The molecule has 0 fully saturated rings. The van der Waals surface area contributed by atoms with E-state index in [9.17, 15) is 0 Å². The highest BCUT2D eigenvalue weighted by atomic mass is 35.5. The van der Waals surface area contributed by atoms with Crippen LogP contribution in [0.4, 0.5) is 0 Å². The molecule has 104 valence electrons. The molecule has 4 heteroatoms. The van der Waals surface area contributed by atoms with Crippen molar-refractivity contribution < 1.29 is 4.74 Å². The fraction of sp³-hybridized carbons (Fsp3) is 0.533. The Hall–Kier alpha value is -1.24. The number of nitrogens with zero attached hydrogens (tertiary/aromatic N) is 1. The van der Waals surface area contributed by atoms with Gasteiger partial charge in [0.05, 0.1) is 18.1 Å². The molecule has 0 radical (unpaired) electrons. The maximum Gasteiger partial charge on any atom is 0.124 e. The van der Waals surface area contributed by atoms with Crippen molar-refractivity contribution in [3.05, 3.63) is 28.8 Å². The van der Waals surface area contributed by atoms with Crippen molar-refractivity contribution in [3.8, 4) is 11.8 Å². The summed E-state index contributed by atoms with van der Waals surface area (Å²) in [7, 11) is 0. The van der Waals surface area contributed by atoms with E-state index in [0.717, 1.165) is 24.2 Å². The summed E-state index contributed by atoms with van der Waals surface area (Å²) >= 11 is 5.95. The molecule has 0 aromatic heterocycles. The lowest BCUT2D eigenvalue weighted by Crippen LogP contribution is -2.12. The van der Waals surface area contributed by atoms with Gasteiger partial charge in [-0.25, -0.2) is 0 Å². The Morgan fingerprint density at radius 3 is 2.74 bits per heavy atom. The van der Waals surface area contributed by atoms with Crippen molar-refractivity contribution >= 4 is 11.6 Å². The van der Waals surface area contributed by atoms with E-state index < -0.39 is 0 Å². The van der Waals surface area contributed by atoms with Crippen LogP contribution in [0.5, 0.6) is 5.75 Å². The third-order valence-corrected chi connectivity index (χ3v) is 3.20. The minimum Gasteiger partial charge on any atom is -0.493 e. The number of ether oxygens (including phenoxy) is 1. The minimum atomic E-state index is -0.298. The van der Waals surface area contributed by atoms with Crippen molar-refractivity contribution in [2.75, 3.05) is 6.61 Å². The molecule has 1 aromatic rings. The van der Waals surface area contributed by atoms with Crippen LogP contribution in [0.25, 0.3) is 0 Å². The average Bonchev–Trinajstić information content (AvgIpc) is 2.36. The van der Waals surface area contributed by atoms with Crippen LogP contribution in [0.15, 0.2) is 18.2 Å². The van der Waals surface area contributed by atoms with Gasteiger partial charge in [0.2, 0.25) is 0 Å². The lowest BCUT2D eigenvalue weighted by Gasteiger charge is -2.17. The normalized spacial score (nSPS) is 12.8. The average molecular weight is 281 g/mol. The lowest BCUT2D eigenvalue weighted by atomic mass is 9.90. The maximum absolute atomic E-state index is 8.94. The molecule has 0 aliphatic carbocycles. The molecule has 0 aliphatic heterocycles. The van der Waals surface area contributed by atoms with Crippen LogP contribution in [0.2, 0.25) is 5.02 Å². The summed E-state index contributed by atoms with van der Waals surface area (Å²) in [6, 6.07) is 7.63. The molecular formula is C15H21ClN2O. The number of benzene rings is 1. The van der Waals surface area contributed by atoms with Gasteiger partial charge in [-0.05, 0) is 51.8 Å². The lowest BCUT2D eigenvalue weighted by molar-refractivity contribution is 0.281. The van der Waals surface area contributed by atoms with Gasteiger partial charge in [0.15, 0.2) is 0 Å². The van der Waals surface area contributed by atoms with Gasteiger partial charge in [-0.3, -0.25) is 0 Å². The monoisotopic (exact) mass is 280 g/mol. The molecule has 19 heavy (non-hydrogen) atoms. The quantitative estimate of drug-likeness (QED) is 0.799. The van der Waals surface area contributed by atoms with E-state index in [1.807, 2.05) is 32.9 Å². The number of rotatable bonds is 6. The molecular weight excluding hydrogens is 260 g/mol. The highest BCUT2D eigenvalue weighted by Gasteiger charge is 2.16. The zero-order chi connectivity index (χ0) is 14.5. The van der Waals surface area contributed by atoms with Gasteiger partial charge in [0, 0.05) is 16.6 Å². The standard InChI is InChI=1S/C15H21ClN2O/c1-11(18)13-9-12(16)5-6-14(13)19-8-4-7-15(2,3)10-17/h5-6,9,11H,4,7-8,18H2,1-3H3/t11-/m1/s1. The van der Waals surface area contributed by atoms with Gasteiger partial charge in [0.1, 0.15) is 5.75 Å². The van der Waals surface area contributed by atoms with E-state index in [-0.39, 0.29) is 11.5 Å². The van der Waals surface area contributed by atoms with Gasteiger partial charge in [0.25, 0.3) is 0 Å². The predicted octanol–water partition coefficient (Wildman–Crippen LogP) is 4.07. The van der Waals surface area contributed by atoms with Crippen LogP contribution < -0.4 is 10.5 Å². The first-order valence-corrected chi connectivity index (χ1v) is 6.82. The van der Waals surface area contributed by atoms with Crippen LogP contribution in [0.3, 0.4) is 0 Å². The Bertz CT molecular complexity index is 464. The molecule has 0 heterocycles. The molecule has 0 saturated heterocycles. The van der Waals surface area contributed by atoms with Crippen LogP contribution >= 0.6 is 11.6 Å². The Balaban J connectivity index is 2.57. The van der Waals surface area contributed by atoms with E-state index in [1.54, 1.807) is 6.07 Å². The second-order valence-corrected chi connectivity index (χ2v) is 5.85. The Morgan fingerprint density at radius 2 is 2.16 bits per heavy atom. The molecule has 0 amide bonds. The summed E-state index contributed by atoms with van der Waals surface area (Å²) in [6.07, 6.45) is 1.65. The predicted molar refractivity (Wildman–Crippen MR) is 78.2 cm³/mol. The van der Waals surface area contributed by atoms with Gasteiger partial charge in [-0.2, -0.15) is 5.26 Å². The summed E-state index contributed by atoms with van der Waals surface area (Å²) in [4.78, 5) is 0. The second-order valence-electron chi connectivity index (χ2n) is 5.42. The van der Waals surface area contributed by atoms with E-state index >= 15 is 0 Å². The molecule has 1 rings (SSSR count). The van der Waals surface area contributed by atoms with E-state index in [2.05, 4.69) is 6.07 Å². The first-order valence-electron chi connectivity index (χ1n) is 6.45. The topological polar surface area (TPSA) is 59.0 Å². The molecule has 1 atom stereocenters. The Kier molecular flexibility index (Phi) is 5.65. The SMILES string of the molecule is C[C@@H](N)c1cc(Cl)ccc1OCCCC(C)(C)C#N. The van der Waals surface area contributed by atoms with Crippen molar-refractivity contribution in [1.29, 1.82) is 5.26 Å². The third kappa shape index (κ3) is 5.10. The number of hydrogen-bond acceptors (Lipinski definition) is 3. The number of nitrogens with two attached hydrogens (primary N) is 1. The number of nitriles is 1. The highest BCUT2D eigenvalue weighted by molar-refractivity contribution is 6.30. The van der Waals surface area contributed by atoms with Crippen molar-refractivity contribution in [3.63, 3.8) is 0 Å². The molecule has 0 saturated carbocycles. The molecule has 0 spiro atoms. The molecule has 0 bridgehead atoms.